The molecule has 1 amide bonds. The van der Waals surface area contributed by atoms with E-state index < -0.39 is 11.9 Å². The lowest BCUT2D eigenvalue weighted by Gasteiger charge is -2.01. The number of furan rings is 1. The monoisotopic (exact) mass is 293 g/mol. The summed E-state index contributed by atoms with van der Waals surface area (Å²) in [7, 11) is 0. The van der Waals surface area contributed by atoms with Gasteiger partial charge in [0.1, 0.15) is 5.76 Å². The predicted molar refractivity (Wildman–Crippen MR) is 73.7 cm³/mol. The van der Waals surface area contributed by atoms with Gasteiger partial charge >= 0.3 is 5.97 Å². The molecular weight excluding hydrogens is 282 g/mol. The van der Waals surface area contributed by atoms with Gasteiger partial charge in [0.2, 0.25) is 0 Å². The third-order valence-electron chi connectivity index (χ3n) is 2.59. The first-order valence-electron chi connectivity index (χ1n) is 5.92. The van der Waals surface area contributed by atoms with E-state index in [2.05, 4.69) is 5.32 Å². The zero-order chi connectivity index (χ0) is 14.5. The molecule has 0 aliphatic heterocycles. The molecule has 1 aromatic heterocycles. The maximum Gasteiger partial charge on any atom is 0.305 e. The molecule has 0 saturated heterocycles. The summed E-state index contributed by atoms with van der Waals surface area (Å²) in [6, 6.07) is 10.3. The molecule has 0 saturated carbocycles. The zero-order valence-corrected chi connectivity index (χ0v) is 11.2. The number of carboxylic acids is 1. The summed E-state index contributed by atoms with van der Waals surface area (Å²) in [4.78, 5) is 22.1. The summed E-state index contributed by atoms with van der Waals surface area (Å²) in [5.41, 5.74) is 0.693. The molecule has 1 aromatic carbocycles. The molecule has 0 bridgehead atoms. The van der Waals surface area contributed by atoms with Crippen LogP contribution in [-0.2, 0) is 4.79 Å². The molecule has 0 fully saturated rings. The number of carboxylic acid groups (broad SMARTS) is 1. The van der Waals surface area contributed by atoms with Crippen molar-refractivity contribution in [2.45, 2.75) is 6.42 Å². The number of aliphatic carboxylic acids is 1. The quantitative estimate of drug-likeness (QED) is 0.888. The van der Waals surface area contributed by atoms with Crippen molar-refractivity contribution in [2.75, 3.05) is 6.54 Å². The molecule has 5 nitrogen and oxygen atoms in total. The van der Waals surface area contributed by atoms with E-state index in [1.54, 1.807) is 24.3 Å². The predicted octanol–water partition coefficient (Wildman–Crippen LogP) is 2.80. The fourth-order valence-corrected chi connectivity index (χ4v) is 1.86. The fourth-order valence-electron chi connectivity index (χ4n) is 1.64. The van der Waals surface area contributed by atoms with Crippen molar-refractivity contribution in [2.24, 2.45) is 0 Å². The zero-order valence-electron chi connectivity index (χ0n) is 10.4. The van der Waals surface area contributed by atoms with Gasteiger partial charge in [0, 0.05) is 12.1 Å². The second-order valence-electron chi connectivity index (χ2n) is 4.04. The number of halogens is 1. The Morgan fingerprint density at radius 1 is 1.20 bits per heavy atom. The molecule has 2 N–H and O–H groups in total. The molecule has 0 radical (unpaired) electrons. The number of hydrogen-bond acceptors (Lipinski definition) is 3. The minimum Gasteiger partial charge on any atom is -0.481 e. The second kappa shape index (κ2) is 6.25. The van der Waals surface area contributed by atoms with Crippen LogP contribution in [0, 0.1) is 0 Å². The van der Waals surface area contributed by atoms with E-state index in [9.17, 15) is 9.59 Å². The lowest BCUT2D eigenvalue weighted by molar-refractivity contribution is -0.136. The number of nitrogens with one attached hydrogen (secondary N) is 1. The molecule has 104 valence electrons. The Balaban J connectivity index is 2.07. The van der Waals surface area contributed by atoms with Gasteiger partial charge in [-0.2, -0.15) is 0 Å². The van der Waals surface area contributed by atoms with Crippen molar-refractivity contribution in [1.82, 2.24) is 5.32 Å². The SMILES string of the molecule is O=C(O)CCNC(=O)c1ccc(-c2ccccc2Cl)o1. The minimum absolute atomic E-state index is 0.0519. The smallest absolute Gasteiger partial charge is 0.305 e. The molecule has 0 spiro atoms. The van der Waals surface area contributed by atoms with Gasteiger partial charge in [-0.1, -0.05) is 23.7 Å². The van der Waals surface area contributed by atoms with Crippen molar-refractivity contribution in [3.63, 3.8) is 0 Å². The molecule has 2 aromatic rings. The van der Waals surface area contributed by atoms with Crippen LogP contribution in [0.25, 0.3) is 11.3 Å². The van der Waals surface area contributed by atoms with E-state index in [4.69, 9.17) is 21.1 Å². The molecule has 20 heavy (non-hydrogen) atoms. The van der Waals surface area contributed by atoms with E-state index in [0.717, 1.165) is 0 Å². The summed E-state index contributed by atoms with van der Waals surface area (Å²) in [5, 5.41) is 11.5. The van der Waals surface area contributed by atoms with Crippen LogP contribution in [0.1, 0.15) is 17.0 Å². The summed E-state index contributed by atoms with van der Waals surface area (Å²) in [6.45, 7) is 0.0519. The van der Waals surface area contributed by atoms with Gasteiger partial charge in [0.15, 0.2) is 5.76 Å². The van der Waals surface area contributed by atoms with Crippen LogP contribution in [0.4, 0.5) is 0 Å². The van der Waals surface area contributed by atoms with Gasteiger partial charge in [-0.05, 0) is 24.3 Å². The van der Waals surface area contributed by atoms with E-state index in [-0.39, 0.29) is 18.7 Å². The molecule has 6 heteroatoms. The van der Waals surface area contributed by atoms with Crippen LogP contribution < -0.4 is 5.32 Å². The minimum atomic E-state index is -0.971. The van der Waals surface area contributed by atoms with Crippen molar-refractivity contribution in [3.8, 4) is 11.3 Å². The van der Waals surface area contributed by atoms with Crippen LogP contribution in [-0.4, -0.2) is 23.5 Å². The molecular formula is C14H12ClNO4. The van der Waals surface area contributed by atoms with Gasteiger partial charge in [-0.3, -0.25) is 9.59 Å². The van der Waals surface area contributed by atoms with Gasteiger partial charge in [-0.15, -0.1) is 0 Å². The highest BCUT2D eigenvalue weighted by atomic mass is 35.5. The number of hydrogen-bond donors (Lipinski definition) is 2. The number of benzene rings is 1. The van der Waals surface area contributed by atoms with Crippen molar-refractivity contribution >= 4 is 23.5 Å². The van der Waals surface area contributed by atoms with Crippen LogP contribution in [0.5, 0.6) is 0 Å². The van der Waals surface area contributed by atoms with E-state index >= 15 is 0 Å². The molecule has 0 aliphatic carbocycles. The Bertz CT molecular complexity index is 636. The Morgan fingerprint density at radius 2 is 1.95 bits per heavy atom. The largest absolute Gasteiger partial charge is 0.481 e. The summed E-state index contributed by atoms with van der Waals surface area (Å²) in [5.74, 6) is -0.824. The van der Waals surface area contributed by atoms with Crippen molar-refractivity contribution in [3.05, 3.63) is 47.2 Å². The topological polar surface area (TPSA) is 79.5 Å². The van der Waals surface area contributed by atoms with Crippen LogP contribution in [0.15, 0.2) is 40.8 Å². The fraction of sp³-hybridized carbons (Fsp3) is 0.143. The first-order chi connectivity index (χ1) is 9.58. The third-order valence-corrected chi connectivity index (χ3v) is 2.92. The van der Waals surface area contributed by atoms with Crippen LogP contribution in [0.2, 0.25) is 5.02 Å². The average molecular weight is 294 g/mol. The molecule has 1 heterocycles. The second-order valence-corrected chi connectivity index (χ2v) is 4.45. The Hall–Kier alpha value is -2.27. The van der Waals surface area contributed by atoms with Crippen molar-refractivity contribution < 1.29 is 19.1 Å². The lowest BCUT2D eigenvalue weighted by atomic mass is 10.2. The van der Waals surface area contributed by atoms with E-state index in [1.165, 1.54) is 6.07 Å². The van der Waals surface area contributed by atoms with Crippen LogP contribution >= 0.6 is 11.6 Å². The Morgan fingerprint density at radius 3 is 2.65 bits per heavy atom. The highest BCUT2D eigenvalue weighted by Crippen LogP contribution is 2.28. The standard InChI is InChI=1S/C14H12ClNO4/c15-10-4-2-1-3-9(10)11-5-6-12(20-11)14(19)16-8-7-13(17)18/h1-6H,7-8H2,(H,16,19)(H,17,18). The summed E-state index contributed by atoms with van der Waals surface area (Å²) >= 11 is 6.04. The maximum absolute atomic E-state index is 11.7. The normalized spacial score (nSPS) is 10.2. The first kappa shape index (κ1) is 14.1. The first-order valence-corrected chi connectivity index (χ1v) is 6.30. The van der Waals surface area contributed by atoms with E-state index in [0.29, 0.717) is 16.3 Å². The summed E-state index contributed by atoms with van der Waals surface area (Å²) < 4.78 is 5.43. The third kappa shape index (κ3) is 3.39. The Labute approximate surface area is 120 Å². The highest BCUT2D eigenvalue weighted by molar-refractivity contribution is 6.33. The van der Waals surface area contributed by atoms with Gasteiger partial charge in [-0.25, -0.2) is 0 Å². The number of carbonyl (C=O) groups excluding carboxylic acids is 1. The number of rotatable bonds is 5. The maximum atomic E-state index is 11.7. The average Bonchev–Trinajstić information content (AvgIpc) is 2.88. The highest BCUT2D eigenvalue weighted by Gasteiger charge is 2.13. The molecule has 0 atom stereocenters. The molecule has 0 unspecified atom stereocenters. The summed E-state index contributed by atoms with van der Waals surface area (Å²) in [6.07, 6.45) is -0.135. The van der Waals surface area contributed by atoms with Crippen LogP contribution in [0.3, 0.4) is 0 Å². The number of carbonyl (C=O) groups is 2. The van der Waals surface area contributed by atoms with Crippen molar-refractivity contribution in [1.29, 1.82) is 0 Å². The van der Waals surface area contributed by atoms with Gasteiger partial charge in [0.05, 0.1) is 11.4 Å². The molecule has 0 aliphatic rings. The van der Waals surface area contributed by atoms with Gasteiger partial charge in [0.25, 0.3) is 5.91 Å². The Kier molecular flexibility index (Phi) is 4.42. The molecule has 2 rings (SSSR count). The van der Waals surface area contributed by atoms with Gasteiger partial charge < -0.3 is 14.8 Å². The number of amides is 1. The van der Waals surface area contributed by atoms with E-state index in [1.807, 2.05) is 6.07 Å². The lowest BCUT2D eigenvalue weighted by Crippen LogP contribution is -2.25.